The summed E-state index contributed by atoms with van der Waals surface area (Å²) in [6, 6.07) is 8.34. The smallest absolute Gasteiger partial charge is 0.173 e. The molecule has 0 amide bonds. The number of hydrogen-bond acceptors (Lipinski definition) is 5. The monoisotopic (exact) mass is 379 g/mol. The highest BCUT2D eigenvalue weighted by Gasteiger charge is 2.24. The number of ether oxygens (including phenoxy) is 2. The highest BCUT2D eigenvalue weighted by Crippen LogP contribution is 2.41. The van der Waals surface area contributed by atoms with Crippen LogP contribution in [0.2, 0.25) is 0 Å². The first-order chi connectivity index (χ1) is 13.8. The summed E-state index contributed by atoms with van der Waals surface area (Å²) in [5.41, 5.74) is 2.71. The lowest BCUT2D eigenvalue weighted by atomic mass is 10.1. The van der Waals surface area contributed by atoms with Crippen LogP contribution in [0, 0.1) is 11.3 Å². The molecule has 2 aromatic heterocycles. The van der Waals surface area contributed by atoms with Gasteiger partial charge in [-0.2, -0.15) is 5.26 Å². The molecule has 4 rings (SSSR count). The van der Waals surface area contributed by atoms with Crippen molar-refractivity contribution in [2.75, 3.05) is 19.5 Å². The van der Waals surface area contributed by atoms with Crippen LogP contribution in [-0.2, 0) is 0 Å². The van der Waals surface area contributed by atoms with Crippen LogP contribution in [-0.4, -0.2) is 34.9 Å². The van der Waals surface area contributed by atoms with Crippen molar-refractivity contribution in [3.05, 3.63) is 30.0 Å². The third-order valence-corrected chi connectivity index (χ3v) is 5.43. The van der Waals surface area contributed by atoms with E-state index >= 15 is 0 Å². The number of benzene rings is 1. The summed E-state index contributed by atoms with van der Waals surface area (Å²) in [7, 11) is 3.25. The standard InChI is InChI=1S/C21H25N5O2/c1-27-17-11-7-10-16(19(17)28-2)18-21(24-15-8-5-3-4-6-9-15)26-20(25-18)14(12-22)13-23-26/h7,10-11,13,15,23-24H,3-6,8-9H2,1-2H3. The molecule has 1 aliphatic carbocycles. The number of aromatic nitrogens is 3. The first-order valence-electron chi connectivity index (χ1n) is 9.74. The molecule has 2 N–H and O–H groups in total. The second-order valence-corrected chi connectivity index (χ2v) is 7.14. The predicted octanol–water partition coefficient (Wildman–Crippen LogP) is 4.35. The number of anilines is 1. The summed E-state index contributed by atoms with van der Waals surface area (Å²) in [5, 5.41) is 16.3. The molecule has 1 aromatic carbocycles. The molecule has 0 spiro atoms. The molecule has 0 radical (unpaired) electrons. The van der Waals surface area contributed by atoms with Crippen molar-refractivity contribution in [2.45, 2.75) is 44.6 Å². The topological polar surface area (TPSA) is 87.4 Å². The quantitative estimate of drug-likeness (QED) is 0.644. The average molecular weight is 379 g/mol. The molecular formula is C21H25N5O2. The summed E-state index contributed by atoms with van der Waals surface area (Å²) in [5.74, 6) is 2.14. The summed E-state index contributed by atoms with van der Waals surface area (Å²) >= 11 is 0. The molecule has 7 heteroatoms. The van der Waals surface area contributed by atoms with Crippen molar-refractivity contribution in [3.8, 4) is 28.8 Å². The van der Waals surface area contributed by atoms with Crippen LogP contribution in [0.15, 0.2) is 24.4 Å². The fourth-order valence-electron chi connectivity index (χ4n) is 4.01. The minimum atomic E-state index is 0.381. The molecule has 3 aromatic rings. The molecule has 2 heterocycles. The van der Waals surface area contributed by atoms with E-state index in [-0.39, 0.29) is 0 Å². The van der Waals surface area contributed by atoms with Gasteiger partial charge >= 0.3 is 0 Å². The number of methoxy groups -OCH3 is 2. The van der Waals surface area contributed by atoms with Gasteiger partial charge in [0.05, 0.1) is 14.2 Å². The molecule has 7 nitrogen and oxygen atoms in total. The maximum Gasteiger partial charge on any atom is 0.173 e. The van der Waals surface area contributed by atoms with E-state index in [4.69, 9.17) is 14.5 Å². The van der Waals surface area contributed by atoms with E-state index in [0.717, 1.165) is 29.9 Å². The van der Waals surface area contributed by atoms with Crippen molar-refractivity contribution >= 4 is 11.5 Å². The molecule has 0 unspecified atom stereocenters. The van der Waals surface area contributed by atoms with E-state index < -0.39 is 0 Å². The molecule has 28 heavy (non-hydrogen) atoms. The second kappa shape index (κ2) is 7.85. The zero-order valence-electron chi connectivity index (χ0n) is 16.3. The first kappa shape index (κ1) is 18.2. The van der Waals surface area contributed by atoms with Crippen LogP contribution >= 0.6 is 0 Å². The number of para-hydroxylation sites is 1. The summed E-state index contributed by atoms with van der Waals surface area (Å²) in [6.45, 7) is 0. The Labute approximate surface area is 164 Å². The maximum atomic E-state index is 9.45. The zero-order valence-corrected chi connectivity index (χ0v) is 16.3. The lowest BCUT2D eigenvalue weighted by Gasteiger charge is -2.19. The summed E-state index contributed by atoms with van der Waals surface area (Å²) in [4.78, 5) is 4.80. The molecule has 0 saturated heterocycles. The Morgan fingerprint density at radius 1 is 1.18 bits per heavy atom. The first-order valence-corrected chi connectivity index (χ1v) is 9.74. The van der Waals surface area contributed by atoms with E-state index in [1.807, 2.05) is 22.7 Å². The lowest BCUT2D eigenvalue weighted by Crippen LogP contribution is -2.20. The van der Waals surface area contributed by atoms with Gasteiger partial charge in [-0.15, -0.1) is 0 Å². The largest absolute Gasteiger partial charge is 0.493 e. The van der Waals surface area contributed by atoms with Gasteiger partial charge in [0.25, 0.3) is 0 Å². The fourth-order valence-corrected chi connectivity index (χ4v) is 4.01. The van der Waals surface area contributed by atoms with Gasteiger partial charge in [-0.05, 0) is 25.0 Å². The molecular weight excluding hydrogens is 354 g/mol. The van der Waals surface area contributed by atoms with Crippen molar-refractivity contribution in [1.82, 2.24) is 14.6 Å². The van der Waals surface area contributed by atoms with Gasteiger partial charge in [0.2, 0.25) is 0 Å². The minimum Gasteiger partial charge on any atom is -0.493 e. The number of H-pyrrole nitrogens is 1. The zero-order chi connectivity index (χ0) is 19.5. The van der Waals surface area contributed by atoms with Crippen LogP contribution < -0.4 is 14.8 Å². The third kappa shape index (κ3) is 3.15. The Bertz CT molecular complexity index is 1010. The van der Waals surface area contributed by atoms with Gasteiger partial charge in [-0.1, -0.05) is 31.7 Å². The number of nitrogens with one attached hydrogen (secondary N) is 2. The molecule has 0 aliphatic heterocycles. The van der Waals surface area contributed by atoms with E-state index in [0.29, 0.717) is 28.8 Å². The maximum absolute atomic E-state index is 9.45. The van der Waals surface area contributed by atoms with Crippen molar-refractivity contribution in [3.63, 3.8) is 0 Å². The molecule has 1 aliphatic rings. The van der Waals surface area contributed by atoms with Gasteiger partial charge in [0.1, 0.15) is 17.3 Å². The van der Waals surface area contributed by atoms with Crippen molar-refractivity contribution in [1.29, 1.82) is 5.26 Å². The van der Waals surface area contributed by atoms with Crippen molar-refractivity contribution in [2.24, 2.45) is 0 Å². The molecule has 146 valence electrons. The summed E-state index contributed by atoms with van der Waals surface area (Å²) in [6.07, 6.45) is 8.99. The van der Waals surface area contributed by atoms with Crippen LogP contribution in [0.5, 0.6) is 11.5 Å². The van der Waals surface area contributed by atoms with E-state index in [1.165, 1.54) is 25.7 Å². The van der Waals surface area contributed by atoms with Crippen LogP contribution in [0.4, 0.5) is 5.82 Å². The number of rotatable bonds is 5. The van der Waals surface area contributed by atoms with Crippen LogP contribution in [0.1, 0.15) is 44.1 Å². The Morgan fingerprint density at radius 2 is 1.96 bits per heavy atom. The number of hydrogen-bond donors (Lipinski definition) is 2. The van der Waals surface area contributed by atoms with Crippen LogP contribution in [0.25, 0.3) is 16.9 Å². The summed E-state index contributed by atoms with van der Waals surface area (Å²) < 4.78 is 13.0. The SMILES string of the molecule is COc1cccc(-c2nc3c(C#N)c[nH]n3c2NC2CCCCCC2)c1OC. The van der Waals surface area contributed by atoms with Gasteiger partial charge in [0, 0.05) is 17.8 Å². The molecule has 0 atom stereocenters. The Morgan fingerprint density at radius 3 is 2.64 bits per heavy atom. The molecule has 0 bridgehead atoms. The Kier molecular flexibility index (Phi) is 5.11. The third-order valence-electron chi connectivity index (χ3n) is 5.43. The predicted molar refractivity (Wildman–Crippen MR) is 108 cm³/mol. The number of nitriles is 1. The van der Waals surface area contributed by atoms with Gasteiger partial charge in [-0.25, -0.2) is 9.50 Å². The lowest BCUT2D eigenvalue weighted by molar-refractivity contribution is 0.356. The Balaban J connectivity index is 1.86. The fraction of sp³-hybridized carbons (Fsp3) is 0.429. The van der Waals surface area contributed by atoms with Gasteiger partial charge < -0.3 is 14.8 Å². The van der Waals surface area contributed by atoms with E-state index in [2.05, 4.69) is 16.5 Å². The van der Waals surface area contributed by atoms with E-state index in [1.54, 1.807) is 20.4 Å². The number of imidazole rings is 1. The highest BCUT2D eigenvalue weighted by atomic mass is 16.5. The number of nitrogens with zero attached hydrogens (tertiary/aromatic N) is 3. The molecule has 1 saturated carbocycles. The van der Waals surface area contributed by atoms with Gasteiger partial charge in [-0.3, -0.25) is 5.10 Å². The number of aromatic amines is 1. The normalized spacial score (nSPS) is 15.2. The molecule has 1 fully saturated rings. The minimum absolute atomic E-state index is 0.381. The highest BCUT2D eigenvalue weighted by molar-refractivity contribution is 5.83. The second-order valence-electron chi connectivity index (χ2n) is 7.14. The average Bonchev–Trinajstić information content (AvgIpc) is 3.17. The number of fused-ring (bicyclic) bond motifs is 1. The van der Waals surface area contributed by atoms with Gasteiger partial charge in [0.15, 0.2) is 23.0 Å². The Hall–Kier alpha value is -3.14. The van der Waals surface area contributed by atoms with Crippen molar-refractivity contribution < 1.29 is 9.47 Å². The van der Waals surface area contributed by atoms with Crippen LogP contribution in [0.3, 0.4) is 0 Å². The van der Waals surface area contributed by atoms with E-state index in [9.17, 15) is 5.26 Å².